The Kier molecular flexibility index (Phi) is 3.05. The second-order valence-corrected chi connectivity index (χ2v) is 3.18. The third-order valence-electron chi connectivity index (χ3n) is 1.40. The number of anilines is 1. The summed E-state index contributed by atoms with van der Waals surface area (Å²) < 4.78 is 0.934. The zero-order valence-corrected chi connectivity index (χ0v) is 7.91. The highest BCUT2D eigenvalue weighted by Gasteiger charge is 1.94. The summed E-state index contributed by atoms with van der Waals surface area (Å²) in [5, 5.41) is 0. The highest BCUT2D eigenvalue weighted by atomic mass is 79.9. The van der Waals surface area contributed by atoms with Gasteiger partial charge in [0.2, 0.25) is 0 Å². The van der Waals surface area contributed by atoms with E-state index in [0.29, 0.717) is 5.69 Å². The van der Waals surface area contributed by atoms with Crippen LogP contribution in [0.25, 0.3) is 6.08 Å². The standard InChI is InChI=1S/C9H8BrNO/c10-8-4-3-7(2-1-5-12)9(11)6-8/h1-6H,11H2. The average Bonchev–Trinajstić information content (AvgIpc) is 2.03. The molecule has 0 aromatic heterocycles. The molecule has 0 bridgehead atoms. The van der Waals surface area contributed by atoms with Gasteiger partial charge >= 0.3 is 0 Å². The van der Waals surface area contributed by atoms with Gasteiger partial charge in [-0.25, -0.2) is 0 Å². The Morgan fingerprint density at radius 3 is 2.75 bits per heavy atom. The summed E-state index contributed by atoms with van der Waals surface area (Å²) in [7, 11) is 0. The lowest BCUT2D eigenvalue weighted by molar-refractivity contribution is -0.104. The van der Waals surface area contributed by atoms with E-state index in [0.717, 1.165) is 16.3 Å². The number of benzene rings is 1. The fourth-order valence-electron chi connectivity index (χ4n) is 0.840. The third kappa shape index (κ3) is 2.20. The maximum absolute atomic E-state index is 10.0. The maximum Gasteiger partial charge on any atom is 0.142 e. The SMILES string of the molecule is Nc1cc(Br)ccc1C=CC=O. The summed E-state index contributed by atoms with van der Waals surface area (Å²) in [6, 6.07) is 5.52. The lowest BCUT2D eigenvalue weighted by Gasteiger charge is -1.99. The van der Waals surface area contributed by atoms with Gasteiger partial charge in [-0.15, -0.1) is 0 Å². The Hall–Kier alpha value is -1.09. The number of nitrogens with two attached hydrogens (primary N) is 1. The first-order chi connectivity index (χ1) is 5.74. The molecule has 0 fully saturated rings. The first-order valence-electron chi connectivity index (χ1n) is 3.41. The van der Waals surface area contributed by atoms with Crippen LogP contribution in [0.4, 0.5) is 5.69 Å². The minimum Gasteiger partial charge on any atom is -0.398 e. The molecule has 3 heteroatoms. The molecule has 0 atom stereocenters. The van der Waals surface area contributed by atoms with E-state index < -0.39 is 0 Å². The van der Waals surface area contributed by atoms with Crippen LogP contribution in [-0.2, 0) is 4.79 Å². The minimum absolute atomic E-state index is 0.655. The average molecular weight is 226 g/mol. The van der Waals surface area contributed by atoms with Gasteiger partial charge in [-0.1, -0.05) is 22.0 Å². The monoisotopic (exact) mass is 225 g/mol. The second-order valence-electron chi connectivity index (χ2n) is 2.27. The number of allylic oxidation sites excluding steroid dienone is 1. The highest BCUT2D eigenvalue weighted by molar-refractivity contribution is 9.10. The number of hydrogen-bond donors (Lipinski definition) is 1. The van der Waals surface area contributed by atoms with Crippen molar-refractivity contribution in [3.8, 4) is 0 Å². The number of aldehydes is 1. The molecule has 2 N–H and O–H groups in total. The van der Waals surface area contributed by atoms with Crippen molar-refractivity contribution in [1.29, 1.82) is 0 Å². The molecule has 12 heavy (non-hydrogen) atoms. The van der Waals surface area contributed by atoms with Gasteiger partial charge < -0.3 is 5.73 Å². The molecule has 0 saturated heterocycles. The summed E-state index contributed by atoms with van der Waals surface area (Å²) in [4.78, 5) is 10.0. The van der Waals surface area contributed by atoms with E-state index in [2.05, 4.69) is 15.9 Å². The van der Waals surface area contributed by atoms with Crippen LogP contribution in [0.3, 0.4) is 0 Å². The van der Waals surface area contributed by atoms with E-state index in [1.165, 1.54) is 6.08 Å². The van der Waals surface area contributed by atoms with Crippen LogP contribution in [0.2, 0.25) is 0 Å². The van der Waals surface area contributed by atoms with Gasteiger partial charge in [-0.05, 0) is 29.8 Å². The number of rotatable bonds is 2. The molecular formula is C9H8BrNO. The Morgan fingerprint density at radius 2 is 2.17 bits per heavy atom. The van der Waals surface area contributed by atoms with Crippen molar-refractivity contribution >= 4 is 34.0 Å². The first kappa shape index (κ1) is 9.00. The molecule has 1 aromatic rings. The topological polar surface area (TPSA) is 43.1 Å². The number of carbonyl (C=O) groups is 1. The molecule has 0 aliphatic carbocycles. The predicted molar refractivity (Wildman–Crippen MR) is 53.7 cm³/mol. The van der Waals surface area contributed by atoms with Crippen LogP contribution in [0.5, 0.6) is 0 Å². The van der Waals surface area contributed by atoms with E-state index in [1.807, 2.05) is 12.1 Å². The molecular weight excluding hydrogens is 218 g/mol. The fraction of sp³-hybridized carbons (Fsp3) is 0. The Labute approximate surface area is 79.2 Å². The molecule has 1 aromatic carbocycles. The molecule has 0 spiro atoms. The quantitative estimate of drug-likeness (QED) is 0.477. The number of carbonyl (C=O) groups excluding carboxylic acids is 1. The van der Waals surface area contributed by atoms with Crippen molar-refractivity contribution in [1.82, 2.24) is 0 Å². The Balaban J connectivity index is 3.01. The molecule has 2 nitrogen and oxygen atoms in total. The van der Waals surface area contributed by atoms with Crippen molar-refractivity contribution in [2.24, 2.45) is 0 Å². The van der Waals surface area contributed by atoms with Crippen LogP contribution in [0.15, 0.2) is 28.7 Å². The van der Waals surface area contributed by atoms with Crippen molar-refractivity contribution in [3.63, 3.8) is 0 Å². The summed E-state index contributed by atoms with van der Waals surface area (Å²) in [5.74, 6) is 0. The van der Waals surface area contributed by atoms with Gasteiger partial charge in [-0.3, -0.25) is 4.79 Å². The summed E-state index contributed by atoms with van der Waals surface area (Å²) in [6.45, 7) is 0. The lowest BCUT2D eigenvalue weighted by Crippen LogP contribution is -1.88. The lowest BCUT2D eigenvalue weighted by atomic mass is 10.2. The van der Waals surface area contributed by atoms with Crippen molar-refractivity contribution in [2.75, 3.05) is 5.73 Å². The minimum atomic E-state index is 0.655. The molecule has 0 unspecified atom stereocenters. The van der Waals surface area contributed by atoms with Crippen LogP contribution < -0.4 is 5.73 Å². The van der Waals surface area contributed by atoms with Crippen molar-refractivity contribution < 1.29 is 4.79 Å². The van der Waals surface area contributed by atoms with E-state index in [1.54, 1.807) is 12.1 Å². The van der Waals surface area contributed by atoms with Gasteiger partial charge in [-0.2, -0.15) is 0 Å². The van der Waals surface area contributed by atoms with Gasteiger partial charge in [0.05, 0.1) is 0 Å². The van der Waals surface area contributed by atoms with Crippen LogP contribution >= 0.6 is 15.9 Å². The molecule has 0 radical (unpaired) electrons. The molecule has 0 saturated carbocycles. The smallest absolute Gasteiger partial charge is 0.142 e. The van der Waals surface area contributed by atoms with Crippen LogP contribution in [0.1, 0.15) is 5.56 Å². The molecule has 62 valence electrons. The van der Waals surface area contributed by atoms with Crippen molar-refractivity contribution in [3.05, 3.63) is 34.3 Å². The maximum atomic E-state index is 10.0. The van der Waals surface area contributed by atoms with E-state index in [-0.39, 0.29) is 0 Å². The Morgan fingerprint density at radius 1 is 1.42 bits per heavy atom. The number of halogens is 1. The van der Waals surface area contributed by atoms with Gasteiger partial charge in [0.1, 0.15) is 6.29 Å². The van der Waals surface area contributed by atoms with Crippen LogP contribution in [0, 0.1) is 0 Å². The molecule has 0 heterocycles. The summed E-state index contributed by atoms with van der Waals surface area (Å²) in [5.41, 5.74) is 7.17. The predicted octanol–water partition coefficient (Wildman–Crippen LogP) is 2.24. The number of nitrogen functional groups attached to an aromatic ring is 1. The highest BCUT2D eigenvalue weighted by Crippen LogP contribution is 2.19. The molecule has 1 rings (SSSR count). The first-order valence-corrected chi connectivity index (χ1v) is 4.20. The number of hydrogen-bond acceptors (Lipinski definition) is 2. The normalized spacial score (nSPS) is 10.4. The zero-order valence-electron chi connectivity index (χ0n) is 6.33. The molecule has 0 aliphatic rings. The summed E-state index contributed by atoms with van der Waals surface area (Å²) in [6.07, 6.45) is 3.82. The third-order valence-corrected chi connectivity index (χ3v) is 1.90. The fourth-order valence-corrected chi connectivity index (χ4v) is 1.22. The van der Waals surface area contributed by atoms with Gasteiger partial charge in [0.25, 0.3) is 0 Å². The second kappa shape index (κ2) is 4.07. The largest absolute Gasteiger partial charge is 0.398 e. The Bertz CT molecular complexity index is 320. The van der Waals surface area contributed by atoms with Gasteiger partial charge in [0, 0.05) is 10.2 Å². The van der Waals surface area contributed by atoms with E-state index >= 15 is 0 Å². The van der Waals surface area contributed by atoms with E-state index in [9.17, 15) is 4.79 Å². The molecule has 0 amide bonds. The van der Waals surface area contributed by atoms with Crippen LogP contribution in [-0.4, -0.2) is 6.29 Å². The van der Waals surface area contributed by atoms with Gasteiger partial charge in [0.15, 0.2) is 0 Å². The summed E-state index contributed by atoms with van der Waals surface area (Å²) >= 11 is 3.29. The zero-order chi connectivity index (χ0) is 8.97. The van der Waals surface area contributed by atoms with Crippen molar-refractivity contribution in [2.45, 2.75) is 0 Å². The van der Waals surface area contributed by atoms with E-state index in [4.69, 9.17) is 5.73 Å². The molecule has 0 aliphatic heterocycles.